The second kappa shape index (κ2) is 3.35. The first-order valence-electron chi connectivity index (χ1n) is 3.88. The summed E-state index contributed by atoms with van der Waals surface area (Å²) >= 11 is 0. The molecule has 1 aliphatic rings. The van der Waals surface area contributed by atoms with Crippen LogP contribution in [0.5, 0.6) is 0 Å². The predicted molar refractivity (Wildman–Crippen MR) is 40.0 cm³/mol. The summed E-state index contributed by atoms with van der Waals surface area (Å²) in [6.07, 6.45) is -0.259. The summed E-state index contributed by atoms with van der Waals surface area (Å²) in [4.78, 5) is 11.0. The Bertz CT molecular complexity index is 184. The Morgan fingerprint density at radius 3 is 2.83 bits per heavy atom. The first-order chi connectivity index (χ1) is 5.58. The Labute approximate surface area is 69.5 Å². The van der Waals surface area contributed by atoms with Crippen LogP contribution in [-0.2, 0) is 4.79 Å². The molecule has 1 amide bonds. The van der Waals surface area contributed by atoms with Gasteiger partial charge in [-0.1, -0.05) is 0 Å². The van der Waals surface area contributed by atoms with Crippen LogP contribution in [0.15, 0.2) is 0 Å². The highest BCUT2D eigenvalue weighted by Crippen LogP contribution is 2.30. The van der Waals surface area contributed by atoms with Crippen LogP contribution in [-0.4, -0.2) is 32.0 Å². The third kappa shape index (κ3) is 1.72. The summed E-state index contributed by atoms with van der Waals surface area (Å²) < 4.78 is 26.0. The molecule has 1 unspecified atom stereocenters. The van der Waals surface area contributed by atoms with Crippen molar-refractivity contribution >= 4 is 5.91 Å². The second-order valence-electron chi connectivity index (χ2n) is 2.88. The summed E-state index contributed by atoms with van der Waals surface area (Å²) in [6.45, 7) is 0.340. The lowest BCUT2D eigenvalue weighted by Gasteiger charge is -2.30. The topological polar surface area (TPSA) is 41.1 Å². The van der Waals surface area contributed by atoms with Gasteiger partial charge in [-0.15, -0.1) is 0 Å². The van der Waals surface area contributed by atoms with Gasteiger partial charge in [0.25, 0.3) is 5.92 Å². The van der Waals surface area contributed by atoms with Crippen molar-refractivity contribution in [1.82, 2.24) is 10.6 Å². The third-order valence-electron chi connectivity index (χ3n) is 2.06. The molecule has 0 bridgehead atoms. The van der Waals surface area contributed by atoms with Gasteiger partial charge in [-0.05, 0) is 0 Å². The molecule has 1 saturated heterocycles. The van der Waals surface area contributed by atoms with Crippen molar-refractivity contribution in [2.24, 2.45) is 5.92 Å². The van der Waals surface area contributed by atoms with Crippen molar-refractivity contribution in [3.05, 3.63) is 0 Å². The SMILES string of the molecule is CNC(=O)C1CNCCC1(F)F. The van der Waals surface area contributed by atoms with Gasteiger partial charge in [0.1, 0.15) is 5.92 Å². The number of carbonyl (C=O) groups excluding carboxylic acids is 1. The van der Waals surface area contributed by atoms with Crippen molar-refractivity contribution in [2.45, 2.75) is 12.3 Å². The van der Waals surface area contributed by atoms with Crippen molar-refractivity contribution in [1.29, 1.82) is 0 Å². The molecule has 70 valence electrons. The first-order valence-corrected chi connectivity index (χ1v) is 3.88. The van der Waals surface area contributed by atoms with Gasteiger partial charge in [0, 0.05) is 26.6 Å². The Hall–Kier alpha value is -0.710. The Morgan fingerprint density at radius 1 is 1.67 bits per heavy atom. The highest BCUT2D eigenvalue weighted by atomic mass is 19.3. The van der Waals surface area contributed by atoms with Gasteiger partial charge in [0.15, 0.2) is 0 Å². The van der Waals surface area contributed by atoms with Crippen LogP contribution in [0.2, 0.25) is 0 Å². The van der Waals surface area contributed by atoms with E-state index in [1.54, 1.807) is 0 Å². The van der Waals surface area contributed by atoms with Crippen LogP contribution < -0.4 is 10.6 Å². The molecule has 0 aromatic carbocycles. The highest BCUT2D eigenvalue weighted by Gasteiger charge is 2.45. The average Bonchev–Trinajstić information content (AvgIpc) is 2.02. The molecule has 1 heterocycles. The molecule has 1 atom stereocenters. The molecule has 1 rings (SSSR count). The number of nitrogens with one attached hydrogen (secondary N) is 2. The van der Waals surface area contributed by atoms with E-state index in [1.807, 2.05) is 0 Å². The number of halogens is 2. The average molecular weight is 178 g/mol. The van der Waals surface area contributed by atoms with Gasteiger partial charge in [0.05, 0.1) is 0 Å². The molecule has 2 N–H and O–H groups in total. The largest absolute Gasteiger partial charge is 0.359 e. The smallest absolute Gasteiger partial charge is 0.262 e. The van der Waals surface area contributed by atoms with E-state index in [9.17, 15) is 13.6 Å². The molecule has 5 heteroatoms. The molecule has 0 saturated carbocycles. The molecule has 0 spiro atoms. The van der Waals surface area contributed by atoms with Crippen LogP contribution in [0.25, 0.3) is 0 Å². The maximum absolute atomic E-state index is 13.0. The standard InChI is InChI=1S/C7H12F2N2O/c1-10-6(12)5-4-11-3-2-7(5,8)9/h5,11H,2-4H2,1H3,(H,10,12). The third-order valence-corrected chi connectivity index (χ3v) is 2.06. The summed E-state index contributed by atoms with van der Waals surface area (Å²) in [6, 6.07) is 0. The number of alkyl halides is 2. The number of hydrogen-bond donors (Lipinski definition) is 2. The maximum atomic E-state index is 13.0. The van der Waals surface area contributed by atoms with E-state index in [1.165, 1.54) is 7.05 Å². The van der Waals surface area contributed by atoms with Crippen LogP contribution >= 0.6 is 0 Å². The first kappa shape index (κ1) is 9.38. The van der Waals surface area contributed by atoms with Gasteiger partial charge >= 0.3 is 0 Å². The maximum Gasteiger partial charge on any atom is 0.262 e. The van der Waals surface area contributed by atoms with Crippen LogP contribution in [0.3, 0.4) is 0 Å². The lowest BCUT2D eigenvalue weighted by Crippen LogP contribution is -2.51. The fraction of sp³-hybridized carbons (Fsp3) is 0.857. The molecule has 1 fully saturated rings. The number of piperidine rings is 1. The van der Waals surface area contributed by atoms with Crippen LogP contribution in [0.1, 0.15) is 6.42 Å². The number of amides is 1. The molecule has 0 radical (unpaired) electrons. The van der Waals surface area contributed by atoms with Gasteiger partial charge in [-0.2, -0.15) is 0 Å². The number of hydrogen-bond acceptors (Lipinski definition) is 2. The van der Waals surface area contributed by atoms with E-state index in [-0.39, 0.29) is 19.5 Å². The van der Waals surface area contributed by atoms with Crippen molar-refractivity contribution in [3.8, 4) is 0 Å². The molecular formula is C7H12F2N2O. The zero-order chi connectivity index (χ0) is 9.19. The van der Waals surface area contributed by atoms with Gasteiger partial charge in [-0.25, -0.2) is 8.78 Å². The second-order valence-corrected chi connectivity index (χ2v) is 2.88. The summed E-state index contributed by atoms with van der Waals surface area (Å²) in [7, 11) is 1.37. The van der Waals surface area contributed by atoms with Crippen molar-refractivity contribution in [2.75, 3.05) is 20.1 Å². The zero-order valence-corrected chi connectivity index (χ0v) is 6.86. The lowest BCUT2D eigenvalue weighted by molar-refractivity contribution is -0.142. The highest BCUT2D eigenvalue weighted by molar-refractivity contribution is 5.79. The fourth-order valence-electron chi connectivity index (χ4n) is 1.28. The van der Waals surface area contributed by atoms with Crippen LogP contribution in [0, 0.1) is 5.92 Å². The van der Waals surface area contributed by atoms with E-state index < -0.39 is 17.7 Å². The lowest BCUT2D eigenvalue weighted by atomic mass is 9.94. The Kier molecular flexibility index (Phi) is 2.62. The van der Waals surface area contributed by atoms with E-state index in [0.717, 1.165) is 0 Å². The number of rotatable bonds is 1. The van der Waals surface area contributed by atoms with E-state index >= 15 is 0 Å². The molecule has 3 nitrogen and oxygen atoms in total. The Morgan fingerprint density at radius 2 is 2.33 bits per heavy atom. The van der Waals surface area contributed by atoms with E-state index in [4.69, 9.17) is 0 Å². The van der Waals surface area contributed by atoms with Crippen molar-refractivity contribution in [3.63, 3.8) is 0 Å². The van der Waals surface area contributed by atoms with Gasteiger partial charge in [0.2, 0.25) is 5.91 Å². The van der Waals surface area contributed by atoms with Crippen molar-refractivity contribution < 1.29 is 13.6 Å². The molecular weight excluding hydrogens is 166 g/mol. The minimum absolute atomic E-state index is 0.0622. The zero-order valence-electron chi connectivity index (χ0n) is 6.86. The minimum Gasteiger partial charge on any atom is -0.359 e. The van der Waals surface area contributed by atoms with Gasteiger partial charge < -0.3 is 10.6 Å². The summed E-state index contributed by atoms with van der Waals surface area (Å²) in [5.41, 5.74) is 0. The van der Waals surface area contributed by atoms with Gasteiger partial charge in [-0.3, -0.25) is 4.79 Å². The summed E-state index contributed by atoms with van der Waals surface area (Å²) in [5, 5.41) is 5.00. The Balaban J connectivity index is 2.66. The number of carbonyl (C=O) groups is 1. The molecule has 1 aliphatic heterocycles. The predicted octanol–water partition coefficient (Wildman–Crippen LogP) is -0.0228. The fourth-order valence-corrected chi connectivity index (χ4v) is 1.28. The molecule has 0 aromatic heterocycles. The monoisotopic (exact) mass is 178 g/mol. The normalized spacial score (nSPS) is 28.1. The summed E-state index contributed by atoms with van der Waals surface area (Å²) in [5.74, 6) is -4.66. The minimum atomic E-state index is -2.86. The van der Waals surface area contributed by atoms with E-state index in [2.05, 4.69) is 10.6 Å². The van der Waals surface area contributed by atoms with E-state index in [0.29, 0.717) is 0 Å². The molecule has 0 aromatic rings. The molecule has 12 heavy (non-hydrogen) atoms. The molecule has 0 aliphatic carbocycles. The van der Waals surface area contributed by atoms with Crippen LogP contribution in [0.4, 0.5) is 8.78 Å². The quantitative estimate of drug-likeness (QED) is 0.592.